The standard InChI is InChI=1S/C8H10FNO/c1-6-4-7(2-3-10-6)8(11)5-9/h2-4,8,11H,5H2,1H3. The molecule has 1 unspecified atom stereocenters. The lowest BCUT2D eigenvalue weighted by atomic mass is 10.1. The van der Waals surface area contributed by atoms with Crippen LogP contribution in [-0.2, 0) is 0 Å². The fourth-order valence-corrected chi connectivity index (χ4v) is 0.864. The molecule has 0 bridgehead atoms. The summed E-state index contributed by atoms with van der Waals surface area (Å²) in [6.45, 7) is 1.05. The van der Waals surface area contributed by atoms with Crippen molar-refractivity contribution in [2.24, 2.45) is 0 Å². The van der Waals surface area contributed by atoms with Gasteiger partial charge in [0.05, 0.1) is 0 Å². The van der Waals surface area contributed by atoms with E-state index in [0.29, 0.717) is 5.56 Å². The molecule has 1 atom stereocenters. The lowest BCUT2D eigenvalue weighted by Crippen LogP contribution is -1.99. The van der Waals surface area contributed by atoms with Crippen LogP contribution in [0.25, 0.3) is 0 Å². The molecule has 0 aliphatic heterocycles. The highest BCUT2D eigenvalue weighted by Gasteiger charge is 2.05. The van der Waals surface area contributed by atoms with Crippen LogP contribution in [0.4, 0.5) is 4.39 Å². The first-order valence-corrected chi connectivity index (χ1v) is 3.40. The van der Waals surface area contributed by atoms with Crippen molar-refractivity contribution in [2.75, 3.05) is 6.67 Å². The van der Waals surface area contributed by atoms with Crippen molar-refractivity contribution in [3.63, 3.8) is 0 Å². The Morgan fingerprint density at radius 3 is 3.00 bits per heavy atom. The summed E-state index contributed by atoms with van der Waals surface area (Å²) in [5, 5.41) is 9.05. The van der Waals surface area contributed by atoms with Crippen LogP contribution in [0.3, 0.4) is 0 Å². The Hall–Kier alpha value is -0.960. The van der Waals surface area contributed by atoms with Gasteiger partial charge in [-0.1, -0.05) is 0 Å². The van der Waals surface area contributed by atoms with E-state index in [1.165, 1.54) is 0 Å². The molecule has 0 amide bonds. The molecule has 60 valence electrons. The Labute approximate surface area is 64.7 Å². The molecule has 0 saturated heterocycles. The summed E-state index contributed by atoms with van der Waals surface area (Å²) in [6, 6.07) is 3.28. The SMILES string of the molecule is Cc1cc(C(O)CF)ccn1. The van der Waals surface area contributed by atoms with E-state index in [2.05, 4.69) is 4.98 Å². The highest BCUT2D eigenvalue weighted by atomic mass is 19.1. The van der Waals surface area contributed by atoms with Gasteiger partial charge in [-0.2, -0.15) is 0 Å². The van der Waals surface area contributed by atoms with Crippen molar-refractivity contribution < 1.29 is 9.50 Å². The van der Waals surface area contributed by atoms with Gasteiger partial charge in [0.15, 0.2) is 0 Å². The van der Waals surface area contributed by atoms with Crippen LogP contribution < -0.4 is 0 Å². The number of rotatable bonds is 2. The minimum Gasteiger partial charge on any atom is -0.386 e. The topological polar surface area (TPSA) is 33.1 Å². The van der Waals surface area contributed by atoms with Crippen LogP contribution in [0.15, 0.2) is 18.3 Å². The molecule has 0 aromatic carbocycles. The van der Waals surface area contributed by atoms with Crippen molar-refractivity contribution in [1.82, 2.24) is 4.98 Å². The molecule has 0 aliphatic carbocycles. The summed E-state index contributed by atoms with van der Waals surface area (Å²) in [4.78, 5) is 3.92. The van der Waals surface area contributed by atoms with Crippen molar-refractivity contribution >= 4 is 0 Å². The number of aryl methyl sites for hydroxylation is 1. The van der Waals surface area contributed by atoms with E-state index in [9.17, 15) is 4.39 Å². The molecule has 3 heteroatoms. The first kappa shape index (κ1) is 8.14. The van der Waals surface area contributed by atoms with E-state index in [-0.39, 0.29) is 0 Å². The normalized spacial score (nSPS) is 13.0. The maximum atomic E-state index is 11.9. The first-order valence-electron chi connectivity index (χ1n) is 3.40. The average Bonchev–Trinajstić information content (AvgIpc) is 2.03. The van der Waals surface area contributed by atoms with E-state index in [1.54, 1.807) is 25.3 Å². The number of alkyl halides is 1. The monoisotopic (exact) mass is 155 g/mol. The number of halogens is 1. The quantitative estimate of drug-likeness (QED) is 0.700. The number of aliphatic hydroxyl groups is 1. The maximum absolute atomic E-state index is 11.9. The smallest absolute Gasteiger partial charge is 0.119 e. The Bertz CT molecular complexity index is 239. The van der Waals surface area contributed by atoms with E-state index >= 15 is 0 Å². The van der Waals surface area contributed by atoms with Crippen molar-refractivity contribution in [3.8, 4) is 0 Å². The fraction of sp³-hybridized carbons (Fsp3) is 0.375. The maximum Gasteiger partial charge on any atom is 0.119 e. The minimum absolute atomic E-state index is 0.583. The van der Waals surface area contributed by atoms with Gasteiger partial charge in [0.2, 0.25) is 0 Å². The highest BCUT2D eigenvalue weighted by Crippen LogP contribution is 2.12. The zero-order valence-electron chi connectivity index (χ0n) is 6.29. The molecule has 0 aliphatic rings. The summed E-state index contributed by atoms with van der Waals surface area (Å²) in [5.74, 6) is 0. The molecule has 0 radical (unpaired) electrons. The third-order valence-corrected chi connectivity index (χ3v) is 1.45. The van der Waals surface area contributed by atoms with Crippen molar-refractivity contribution in [3.05, 3.63) is 29.6 Å². The number of aromatic nitrogens is 1. The van der Waals surface area contributed by atoms with Gasteiger partial charge < -0.3 is 5.11 Å². The summed E-state index contributed by atoms with van der Waals surface area (Å²) >= 11 is 0. The van der Waals surface area contributed by atoms with Gasteiger partial charge in [-0.3, -0.25) is 4.98 Å². The average molecular weight is 155 g/mol. The fourth-order valence-electron chi connectivity index (χ4n) is 0.864. The largest absolute Gasteiger partial charge is 0.386 e. The number of aliphatic hydroxyl groups excluding tert-OH is 1. The third kappa shape index (κ3) is 1.98. The van der Waals surface area contributed by atoms with E-state index in [1.807, 2.05) is 0 Å². The van der Waals surface area contributed by atoms with E-state index < -0.39 is 12.8 Å². The second-order valence-electron chi connectivity index (χ2n) is 2.40. The molecule has 11 heavy (non-hydrogen) atoms. The summed E-state index contributed by atoms with van der Waals surface area (Å²) in [5.41, 5.74) is 1.37. The molecule has 0 saturated carbocycles. The van der Waals surface area contributed by atoms with Crippen LogP contribution in [0.5, 0.6) is 0 Å². The Kier molecular flexibility index (Phi) is 2.54. The Morgan fingerprint density at radius 1 is 1.73 bits per heavy atom. The van der Waals surface area contributed by atoms with Crippen LogP contribution in [0, 0.1) is 6.92 Å². The number of hydrogen-bond donors (Lipinski definition) is 1. The number of pyridine rings is 1. The Morgan fingerprint density at radius 2 is 2.45 bits per heavy atom. The summed E-state index contributed by atoms with van der Waals surface area (Å²) < 4.78 is 11.9. The van der Waals surface area contributed by atoms with Crippen molar-refractivity contribution in [1.29, 1.82) is 0 Å². The van der Waals surface area contributed by atoms with Crippen LogP contribution in [0.2, 0.25) is 0 Å². The van der Waals surface area contributed by atoms with Crippen molar-refractivity contribution in [2.45, 2.75) is 13.0 Å². The van der Waals surface area contributed by atoms with Gasteiger partial charge in [0.1, 0.15) is 12.8 Å². The zero-order valence-corrected chi connectivity index (χ0v) is 6.29. The lowest BCUT2D eigenvalue weighted by molar-refractivity contribution is 0.141. The molecular formula is C8H10FNO. The van der Waals surface area contributed by atoms with E-state index in [0.717, 1.165) is 5.69 Å². The molecule has 1 aromatic heterocycles. The van der Waals surface area contributed by atoms with Gasteiger partial charge in [-0.15, -0.1) is 0 Å². The second-order valence-corrected chi connectivity index (χ2v) is 2.40. The van der Waals surface area contributed by atoms with Crippen LogP contribution >= 0.6 is 0 Å². The third-order valence-electron chi connectivity index (χ3n) is 1.45. The van der Waals surface area contributed by atoms with Gasteiger partial charge in [0.25, 0.3) is 0 Å². The predicted molar refractivity (Wildman–Crippen MR) is 39.9 cm³/mol. The zero-order chi connectivity index (χ0) is 8.27. The summed E-state index contributed by atoms with van der Waals surface area (Å²) in [6.07, 6.45) is 0.556. The second kappa shape index (κ2) is 3.44. The molecule has 1 heterocycles. The lowest BCUT2D eigenvalue weighted by Gasteiger charge is -2.05. The number of nitrogens with zero attached hydrogens (tertiary/aromatic N) is 1. The molecule has 0 spiro atoms. The molecular weight excluding hydrogens is 145 g/mol. The molecule has 1 rings (SSSR count). The first-order chi connectivity index (χ1) is 5.24. The summed E-state index contributed by atoms with van der Waals surface area (Å²) in [7, 11) is 0. The molecule has 1 aromatic rings. The van der Waals surface area contributed by atoms with Gasteiger partial charge in [0, 0.05) is 11.9 Å². The number of hydrogen-bond acceptors (Lipinski definition) is 2. The van der Waals surface area contributed by atoms with Gasteiger partial charge in [-0.05, 0) is 24.6 Å². The molecule has 1 N–H and O–H groups in total. The molecule has 0 fully saturated rings. The van der Waals surface area contributed by atoms with Crippen LogP contribution in [-0.4, -0.2) is 16.8 Å². The Balaban J connectivity index is 2.86. The molecule has 2 nitrogen and oxygen atoms in total. The van der Waals surface area contributed by atoms with Gasteiger partial charge >= 0.3 is 0 Å². The van der Waals surface area contributed by atoms with Crippen LogP contribution in [0.1, 0.15) is 17.4 Å². The van der Waals surface area contributed by atoms with E-state index in [4.69, 9.17) is 5.11 Å². The highest BCUT2D eigenvalue weighted by molar-refractivity contribution is 5.17. The predicted octanol–water partition coefficient (Wildman–Crippen LogP) is 1.39. The minimum atomic E-state index is -1.00. The van der Waals surface area contributed by atoms with Gasteiger partial charge in [-0.25, -0.2) is 4.39 Å².